The highest BCUT2D eigenvalue weighted by Gasteiger charge is 2.40. The molecule has 19 heavy (non-hydrogen) atoms. The number of nitrogens with zero attached hydrogens (tertiary/aromatic N) is 3. The number of pyridine rings is 1. The van der Waals surface area contributed by atoms with E-state index in [2.05, 4.69) is 24.0 Å². The van der Waals surface area contributed by atoms with Gasteiger partial charge in [0.25, 0.3) is 5.91 Å². The van der Waals surface area contributed by atoms with Crippen molar-refractivity contribution in [3.05, 3.63) is 29.0 Å². The van der Waals surface area contributed by atoms with Gasteiger partial charge in [-0.3, -0.25) is 4.79 Å². The second-order valence-corrected chi connectivity index (χ2v) is 5.87. The van der Waals surface area contributed by atoms with Crippen LogP contribution < -0.4 is 0 Å². The summed E-state index contributed by atoms with van der Waals surface area (Å²) in [5.41, 5.74) is 0.534. The first-order valence-corrected chi connectivity index (χ1v) is 6.88. The van der Waals surface area contributed by atoms with Crippen molar-refractivity contribution in [3.63, 3.8) is 0 Å². The van der Waals surface area contributed by atoms with Gasteiger partial charge in [0.1, 0.15) is 10.8 Å². The Hall–Kier alpha value is -1.13. The lowest BCUT2D eigenvalue weighted by molar-refractivity contribution is 0.0250. The van der Waals surface area contributed by atoms with Gasteiger partial charge in [0.2, 0.25) is 0 Å². The molecule has 1 aromatic rings. The van der Waals surface area contributed by atoms with E-state index in [0.717, 1.165) is 19.4 Å². The van der Waals surface area contributed by atoms with Gasteiger partial charge in [-0.25, -0.2) is 4.98 Å². The Labute approximate surface area is 119 Å². The van der Waals surface area contributed by atoms with Gasteiger partial charge < -0.3 is 9.80 Å². The summed E-state index contributed by atoms with van der Waals surface area (Å²) in [6, 6.07) is 5.13. The van der Waals surface area contributed by atoms with E-state index in [1.807, 2.05) is 7.05 Å². The predicted octanol–water partition coefficient (Wildman–Crippen LogP) is 2.29. The summed E-state index contributed by atoms with van der Waals surface area (Å²) in [6.45, 7) is 0.729. The van der Waals surface area contributed by atoms with Gasteiger partial charge in [-0.1, -0.05) is 17.7 Å². The summed E-state index contributed by atoms with van der Waals surface area (Å²) < 4.78 is 0. The van der Waals surface area contributed by atoms with Gasteiger partial charge >= 0.3 is 0 Å². The number of halogens is 1. The molecule has 0 bridgehead atoms. The Morgan fingerprint density at radius 2 is 2.05 bits per heavy atom. The number of carbonyl (C=O) groups is 1. The van der Waals surface area contributed by atoms with Crippen molar-refractivity contribution in [3.8, 4) is 0 Å². The van der Waals surface area contributed by atoms with Crippen LogP contribution in [-0.2, 0) is 0 Å². The van der Waals surface area contributed by atoms with Crippen LogP contribution in [0.2, 0.25) is 5.15 Å². The predicted molar refractivity (Wildman–Crippen MR) is 76.5 cm³/mol. The Kier molecular flexibility index (Phi) is 4.11. The van der Waals surface area contributed by atoms with Crippen LogP contribution in [0.25, 0.3) is 0 Å². The molecule has 0 unspecified atom stereocenters. The lowest BCUT2D eigenvalue weighted by atomic mass is 9.75. The Balaban J connectivity index is 2.07. The second-order valence-electron chi connectivity index (χ2n) is 5.48. The molecular weight excluding hydrogens is 262 g/mol. The highest BCUT2D eigenvalue weighted by atomic mass is 35.5. The lowest BCUT2D eigenvalue weighted by Gasteiger charge is -2.49. The highest BCUT2D eigenvalue weighted by molar-refractivity contribution is 6.29. The molecule has 1 amide bonds. The number of hydrogen-bond donors (Lipinski definition) is 0. The van der Waals surface area contributed by atoms with E-state index >= 15 is 0 Å². The minimum absolute atomic E-state index is 0.0735. The molecule has 0 saturated heterocycles. The monoisotopic (exact) mass is 281 g/mol. The van der Waals surface area contributed by atoms with Crippen LogP contribution in [-0.4, -0.2) is 53.9 Å². The summed E-state index contributed by atoms with van der Waals surface area (Å²) in [5, 5.41) is 0.352. The zero-order valence-corrected chi connectivity index (χ0v) is 12.4. The summed E-state index contributed by atoms with van der Waals surface area (Å²) in [7, 11) is 5.98. The van der Waals surface area contributed by atoms with Crippen molar-refractivity contribution in [2.45, 2.75) is 24.8 Å². The van der Waals surface area contributed by atoms with Gasteiger partial charge in [0.05, 0.1) is 0 Å². The van der Waals surface area contributed by atoms with E-state index in [0.29, 0.717) is 10.8 Å². The molecule has 1 aliphatic carbocycles. The normalized spacial score (nSPS) is 17.1. The molecule has 0 aliphatic heterocycles. The number of aromatic nitrogens is 1. The second kappa shape index (κ2) is 5.47. The number of likely N-dealkylation sites (N-methyl/N-ethyl adjacent to an activating group) is 2. The minimum Gasteiger partial charge on any atom is -0.339 e. The van der Waals surface area contributed by atoms with Crippen LogP contribution in [0.5, 0.6) is 0 Å². The van der Waals surface area contributed by atoms with Crippen molar-refractivity contribution >= 4 is 17.5 Å². The largest absolute Gasteiger partial charge is 0.339 e. The summed E-state index contributed by atoms with van der Waals surface area (Å²) in [4.78, 5) is 20.4. The Morgan fingerprint density at radius 3 is 2.53 bits per heavy atom. The van der Waals surface area contributed by atoms with Gasteiger partial charge in [0.15, 0.2) is 0 Å². The molecule has 1 aliphatic rings. The molecule has 1 saturated carbocycles. The fourth-order valence-corrected chi connectivity index (χ4v) is 2.73. The van der Waals surface area contributed by atoms with Crippen LogP contribution in [0, 0.1) is 0 Å². The summed E-state index contributed by atoms with van der Waals surface area (Å²) in [6.07, 6.45) is 3.51. The molecule has 1 fully saturated rings. The zero-order valence-electron chi connectivity index (χ0n) is 11.7. The van der Waals surface area contributed by atoms with Gasteiger partial charge in [-0.05, 0) is 45.5 Å². The molecule has 5 heteroatoms. The first-order chi connectivity index (χ1) is 8.94. The molecule has 1 heterocycles. The summed E-state index contributed by atoms with van der Waals surface area (Å²) >= 11 is 5.83. The van der Waals surface area contributed by atoms with Crippen molar-refractivity contribution in [1.29, 1.82) is 0 Å². The van der Waals surface area contributed by atoms with Crippen LogP contribution in [0.3, 0.4) is 0 Å². The zero-order chi connectivity index (χ0) is 14.0. The molecule has 0 aromatic carbocycles. The van der Waals surface area contributed by atoms with Crippen LogP contribution >= 0.6 is 11.6 Å². The minimum atomic E-state index is -0.0735. The standard InChI is InChI=1S/C14H20ClN3O/c1-17(2)14(8-5-9-14)10-18(3)13(19)11-6-4-7-12(15)16-11/h4,6-7H,5,8-10H2,1-3H3. The molecular formula is C14H20ClN3O. The van der Waals surface area contributed by atoms with Crippen LogP contribution in [0.15, 0.2) is 18.2 Å². The van der Waals surface area contributed by atoms with Crippen LogP contribution in [0.1, 0.15) is 29.8 Å². The number of hydrogen-bond acceptors (Lipinski definition) is 3. The maximum absolute atomic E-state index is 12.3. The molecule has 0 spiro atoms. The molecule has 104 valence electrons. The third-order valence-corrected chi connectivity index (χ3v) is 4.26. The molecule has 0 atom stereocenters. The average molecular weight is 282 g/mol. The van der Waals surface area contributed by atoms with E-state index in [1.165, 1.54) is 6.42 Å². The first-order valence-electron chi connectivity index (χ1n) is 6.50. The third kappa shape index (κ3) is 2.90. The summed E-state index contributed by atoms with van der Waals surface area (Å²) in [5.74, 6) is -0.0735. The van der Waals surface area contributed by atoms with E-state index < -0.39 is 0 Å². The fraction of sp³-hybridized carbons (Fsp3) is 0.571. The number of amides is 1. The van der Waals surface area contributed by atoms with Crippen molar-refractivity contribution < 1.29 is 4.79 Å². The molecule has 2 rings (SSSR count). The van der Waals surface area contributed by atoms with E-state index in [1.54, 1.807) is 23.1 Å². The maximum Gasteiger partial charge on any atom is 0.272 e. The smallest absolute Gasteiger partial charge is 0.272 e. The quantitative estimate of drug-likeness (QED) is 0.795. The topological polar surface area (TPSA) is 36.4 Å². The maximum atomic E-state index is 12.3. The van der Waals surface area contributed by atoms with E-state index in [9.17, 15) is 4.79 Å². The fourth-order valence-electron chi connectivity index (χ4n) is 2.57. The van der Waals surface area contributed by atoms with Crippen molar-refractivity contribution in [2.24, 2.45) is 0 Å². The molecule has 0 radical (unpaired) electrons. The van der Waals surface area contributed by atoms with Crippen LogP contribution in [0.4, 0.5) is 0 Å². The molecule has 4 nitrogen and oxygen atoms in total. The molecule has 0 N–H and O–H groups in total. The number of rotatable bonds is 4. The van der Waals surface area contributed by atoms with E-state index in [4.69, 9.17) is 11.6 Å². The Morgan fingerprint density at radius 1 is 1.37 bits per heavy atom. The van der Waals surface area contributed by atoms with Gasteiger partial charge in [-0.2, -0.15) is 0 Å². The Bertz CT molecular complexity index is 472. The van der Waals surface area contributed by atoms with Crippen molar-refractivity contribution in [2.75, 3.05) is 27.7 Å². The average Bonchev–Trinajstić information content (AvgIpc) is 2.32. The van der Waals surface area contributed by atoms with E-state index in [-0.39, 0.29) is 11.4 Å². The first kappa shape index (κ1) is 14.3. The van der Waals surface area contributed by atoms with Crippen molar-refractivity contribution in [1.82, 2.24) is 14.8 Å². The highest BCUT2D eigenvalue weighted by Crippen LogP contribution is 2.36. The number of carbonyl (C=O) groups excluding carboxylic acids is 1. The van der Waals surface area contributed by atoms with Gasteiger partial charge in [-0.15, -0.1) is 0 Å². The van der Waals surface area contributed by atoms with Gasteiger partial charge in [0, 0.05) is 19.1 Å². The SMILES string of the molecule is CN(CC1(N(C)C)CCC1)C(=O)c1cccc(Cl)n1. The third-order valence-electron chi connectivity index (χ3n) is 4.05. The molecule has 1 aromatic heterocycles. The lowest BCUT2D eigenvalue weighted by Crippen LogP contribution is -2.57.